The second kappa shape index (κ2) is 4.26. The molecule has 0 saturated carbocycles. The molecule has 16 heavy (non-hydrogen) atoms. The largest absolute Gasteiger partial charge is 0.358 e. The lowest BCUT2D eigenvalue weighted by atomic mass is 10.1. The van der Waals surface area contributed by atoms with Crippen LogP contribution in [0.3, 0.4) is 0 Å². The van der Waals surface area contributed by atoms with Gasteiger partial charge in [-0.25, -0.2) is 9.97 Å². The van der Waals surface area contributed by atoms with E-state index in [2.05, 4.69) is 20.6 Å². The molecule has 1 aliphatic rings. The number of rotatable bonds is 2. The predicted octanol–water partition coefficient (Wildman–Crippen LogP) is 0.00212. The zero-order valence-electron chi connectivity index (χ0n) is 8.86. The highest BCUT2D eigenvalue weighted by molar-refractivity contribution is 6.01. The van der Waals surface area contributed by atoms with Crippen LogP contribution < -0.4 is 10.6 Å². The van der Waals surface area contributed by atoms with E-state index in [-0.39, 0.29) is 11.8 Å². The summed E-state index contributed by atoms with van der Waals surface area (Å²) in [4.78, 5) is 30.4. The standard InChI is InChI=1S/C10H12N4O2/c1-6-4-8(12-5-11-6)13-7-2-3-9(15)14-10(7)16/h4-5,7H,2-3H2,1H3,(H,11,12,13)(H,14,15,16). The van der Waals surface area contributed by atoms with E-state index in [4.69, 9.17) is 0 Å². The average molecular weight is 220 g/mol. The van der Waals surface area contributed by atoms with Crippen molar-refractivity contribution in [1.82, 2.24) is 15.3 Å². The van der Waals surface area contributed by atoms with Gasteiger partial charge in [-0.1, -0.05) is 0 Å². The highest BCUT2D eigenvalue weighted by atomic mass is 16.2. The third-order valence-corrected chi connectivity index (χ3v) is 2.37. The second-order valence-corrected chi connectivity index (χ2v) is 3.69. The van der Waals surface area contributed by atoms with Gasteiger partial charge in [0.2, 0.25) is 11.8 Å². The fourth-order valence-electron chi connectivity index (χ4n) is 1.54. The van der Waals surface area contributed by atoms with Gasteiger partial charge in [-0.05, 0) is 13.3 Å². The van der Waals surface area contributed by atoms with E-state index < -0.39 is 6.04 Å². The van der Waals surface area contributed by atoms with Gasteiger partial charge < -0.3 is 5.32 Å². The molecule has 1 atom stereocenters. The Morgan fingerprint density at radius 2 is 2.25 bits per heavy atom. The summed E-state index contributed by atoms with van der Waals surface area (Å²) in [6.45, 7) is 1.84. The van der Waals surface area contributed by atoms with E-state index in [0.717, 1.165) is 5.69 Å². The smallest absolute Gasteiger partial charge is 0.249 e. The fourth-order valence-corrected chi connectivity index (χ4v) is 1.54. The number of nitrogens with one attached hydrogen (secondary N) is 2. The van der Waals surface area contributed by atoms with Gasteiger partial charge >= 0.3 is 0 Å². The lowest BCUT2D eigenvalue weighted by Gasteiger charge is -2.22. The molecule has 2 amide bonds. The van der Waals surface area contributed by atoms with Crippen molar-refractivity contribution in [3.63, 3.8) is 0 Å². The molecule has 2 rings (SSSR count). The third-order valence-electron chi connectivity index (χ3n) is 2.37. The van der Waals surface area contributed by atoms with Gasteiger partial charge in [0.05, 0.1) is 0 Å². The van der Waals surface area contributed by atoms with Crippen molar-refractivity contribution >= 4 is 17.6 Å². The van der Waals surface area contributed by atoms with E-state index in [0.29, 0.717) is 18.7 Å². The highest BCUT2D eigenvalue weighted by Crippen LogP contribution is 2.11. The van der Waals surface area contributed by atoms with Crippen LogP contribution in [0.4, 0.5) is 5.82 Å². The van der Waals surface area contributed by atoms with Gasteiger partial charge in [0.1, 0.15) is 18.2 Å². The zero-order valence-corrected chi connectivity index (χ0v) is 8.86. The molecule has 1 saturated heterocycles. The second-order valence-electron chi connectivity index (χ2n) is 3.69. The first kappa shape index (κ1) is 10.5. The Morgan fingerprint density at radius 3 is 2.94 bits per heavy atom. The number of hydrogen-bond donors (Lipinski definition) is 2. The quantitative estimate of drug-likeness (QED) is 0.685. The van der Waals surface area contributed by atoms with E-state index in [1.54, 1.807) is 6.07 Å². The van der Waals surface area contributed by atoms with Crippen LogP contribution in [0, 0.1) is 6.92 Å². The van der Waals surface area contributed by atoms with E-state index >= 15 is 0 Å². The number of aromatic nitrogens is 2. The summed E-state index contributed by atoms with van der Waals surface area (Å²) in [5, 5.41) is 5.26. The lowest BCUT2D eigenvalue weighted by molar-refractivity contribution is -0.133. The maximum Gasteiger partial charge on any atom is 0.249 e. The summed E-state index contributed by atoms with van der Waals surface area (Å²) in [7, 11) is 0. The molecular formula is C10H12N4O2. The number of piperidine rings is 1. The van der Waals surface area contributed by atoms with Gasteiger partial charge in [-0.15, -0.1) is 0 Å². The molecule has 0 radical (unpaired) electrons. The maximum absolute atomic E-state index is 11.5. The molecule has 6 nitrogen and oxygen atoms in total. The molecule has 84 valence electrons. The summed E-state index contributed by atoms with van der Waals surface area (Å²) in [5.74, 6) is 0.0800. The van der Waals surface area contributed by atoms with Crippen LogP contribution in [0.15, 0.2) is 12.4 Å². The summed E-state index contributed by atoms with van der Waals surface area (Å²) in [6.07, 6.45) is 2.28. The van der Waals surface area contributed by atoms with Crippen LogP contribution in [0.2, 0.25) is 0 Å². The Labute approximate surface area is 92.5 Å². The van der Waals surface area contributed by atoms with E-state index in [9.17, 15) is 9.59 Å². The molecule has 1 aromatic heterocycles. The van der Waals surface area contributed by atoms with Crippen molar-refractivity contribution in [2.75, 3.05) is 5.32 Å². The molecule has 1 aliphatic heterocycles. The maximum atomic E-state index is 11.5. The minimum atomic E-state index is -0.396. The first-order chi connectivity index (χ1) is 7.65. The summed E-state index contributed by atoms with van der Waals surface area (Å²) >= 11 is 0. The van der Waals surface area contributed by atoms with Crippen molar-refractivity contribution in [3.8, 4) is 0 Å². The number of anilines is 1. The first-order valence-electron chi connectivity index (χ1n) is 5.04. The molecule has 2 N–H and O–H groups in total. The molecule has 2 heterocycles. The van der Waals surface area contributed by atoms with Gasteiger partial charge in [0, 0.05) is 18.2 Å². The highest BCUT2D eigenvalue weighted by Gasteiger charge is 2.26. The first-order valence-corrected chi connectivity index (χ1v) is 5.04. The van der Waals surface area contributed by atoms with Crippen molar-refractivity contribution in [2.45, 2.75) is 25.8 Å². The normalized spacial score (nSPS) is 20.4. The fraction of sp³-hybridized carbons (Fsp3) is 0.400. The molecular weight excluding hydrogens is 208 g/mol. The summed E-state index contributed by atoms with van der Waals surface area (Å²) in [5.41, 5.74) is 0.824. The number of amides is 2. The zero-order chi connectivity index (χ0) is 11.5. The number of carbonyl (C=O) groups is 2. The SMILES string of the molecule is Cc1cc(NC2CCC(=O)NC2=O)ncn1. The van der Waals surface area contributed by atoms with Gasteiger partial charge in [0.15, 0.2) is 0 Å². The van der Waals surface area contributed by atoms with Crippen LogP contribution in [0.25, 0.3) is 0 Å². The van der Waals surface area contributed by atoms with Crippen LogP contribution in [-0.2, 0) is 9.59 Å². The Bertz CT molecular complexity index is 433. The minimum Gasteiger partial charge on any atom is -0.358 e. The number of aryl methyl sites for hydroxylation is 1. The van der Waals surface area contributed by atoms with Gasteiger partial charge in [-0.3, -0.25) is 14.9 Å². The monoisotopic (exact) mass is 220 g/mol. The van der Waals surface area contributed by atoms with Crippen LogP contribution >= 0.6 is 0 Å². The summed E-state index contributed by atoms with van der Waals surface area (Å²) < 4.78 is 0. The minimum absolute atomic E-state index is 0.220. The Hall–Kier alpha value is -1.98. The number of imide groups is 1. The Balaban J connectivity index is 2.05. The molecule has 0 bridgehead atoms. The van der Waals surface area contributed by atoms with Crippen LogP contribution in [0.5, 0.6) is 0 Å². The molecule has 6 heteroatoms. The Kier molecular flexibility index (Phi) is 2.80. The molecule has 1 aromatic rings. The van der Waals surface area contributed by atoms with Gasteiger partial charge in [-0.2, -0.15) is 0 Å². The summed E-state index contributed by atoms with van der Waals surface area (Å²) in [6, 6.07) is 1.36. The topological polar surface area (TPSA) is 84.0 Å². The van der Waals surface area contributed by atoms with Crippen molar-refractivity contribution < 1.29 is 9.59 Å². The molecule has 1 unspecified atom stereocenters. The molecule has 1 fully saturated rings. The third kappa shape index (κ3) is 2.33. The number of nitrogens with zero attached hydrogens (tertiary/aromatic N) is 2. The number of carbonyl (C=O) groups excluding carboxylic acids is 2. The molecule has 0 spiro atoms. The Morgan fingerprint density at radius 1 is 1.44 bits per heavy atom. The lowest BCUT2D eigenvalue weighted by Crippen LogP contribution is -2.47. The molecule has 0 aliphatic carbocycles. The van der Waals surface area contributed by atoms with Crippen molar-refractivity contribution in [3.05, 3.63) is 18.1 Å². The van der Waals surface area contributed by atoms with E-state index in [1.165, 1.54) is 6.33 Å². The van der Waals surface area contributed by atoms with Crippen LogP contribution in [-0.4, -0.2) is 27.8 Å². The predicted molar refractivity (Wildman–Crippen MR) is 56.6 cm³/mol. The average Bonchev–Trinajstić information content (AvgIpc) is 2.22. The van der Waals surface area contributed by atoms with Crippen LogP contribution in [0.1, 0.15) is 18.5 Å². The van der Waals surface area contributed by atoms with Crippen molar-refractivity contribution in [2.24, 2.45) is 0 Å². The molecule has 0 aromatic carbocycles. The van der Waals surface area contributed by atoms with Gasteiger partial charge in [0.25, 0.3) is 0 Å². The van der Waals surface area contributed by atoms with Crippen molar-refractivity contribution in [1.29, 1.82) is 0 Å². The van der Waals surface area contributed by atoms with E-state index in [1.807, 2.05) is 6.92 Å². The number of hydrogen-bond acceptors (Lipinski definition) is 5.